The van der Waals surface area contributed by atoms with Gasteiger partial charge >= 0.3 is 11.8 Å². The number of hydrogen-bond donors (Lipinski definition) is 2. The molecular formula is C21H24N4O4. The molecule has 1 fully saturated rings. The van der Waals surface area contributed by atoms with Crippen molar-refractivity contribution < 1.29 is 19.1 Å². The number of nitrogens with one attached hydrogen (secondary N) is 1. The summed E-state index contributed by atoms with van der Waals surface area (Å²) in [6.45, 7) is 2.55. The van der Waals surface area contributed by atoms with Crippen molar-refractivity contribution in [2.45, 2.75) is 25.8 Å². The molecule has 2 atom stereocenters. The number of hydrogen-bond acceptors (Lipinski definition) is 5. The van der Waals surface area contributed by atoms with Gasteiger partial charge in [0.15, 0.2) is 0 Å². The van der Waals surface area contributed by atoms with Gasteiger partial charge in [0.1, 0.15) is 5.75 Å². The first-order chi connectivity index (χ1) is 13.9. The molecule has 0 saturated carbocycles. The number of piperidine rings is 1. The molecule has 0 aliphatic carbocycles. The van der Waals surface area contributed by atoms with E-state index in [1.165, 1.54) is 18.5 Å². The van der Waals surface area contributed by atoms with E-state index < -0.39 is 17.7 Å². The van der Waals surface area contributed by atoms with Gasteiger partial charge in [0.25, 0.3) is 0 Å². The van der Waals surface area contributed by atoms with Gasteiger partial charge in [0, 0.05) is 12.7 Å². The first-order valence-corrected chi connectivity index (χ1v) is 9.39. The molecule has 152 valence electrons. The number of amides is 3. The quantitative estimate of drug-likeness (QED) is 0.769. The van der Waals surface area contributed by atoms with Gasteiger partial charge in [0.05, 0.1) is 30.6 Å². The van der Waals surface area contributed by atoms with E-state index in [4.69, 9.17) is 10.5 Å². The molecule has 3 N–H and O–H groups in total. The maximum atomic E-state index is 13.0. The molecule has 0 unspecified atom stereocenters. The third kappa shape index (κ3) is 4.71. The van der Waals surface area contributed by atoms with E-state index in [0.717, 1.165) is 24.2 Å². The Labute approximate surface area is 169 Å². The third-order valence-electron chi connectivity index (χ3n) is 5.05. The van der Waals surface area contributed by atoms with Crippen LogP contribution in [0.25, 0.3) is 0 Å². The standard InChI is InChI=1S/C21H24N4O4/c1-13-3-8-18(14-4-6-17(29-2)7-5-14)25(12-13)21(28)20(27)24-16-9-15(19(22)26)10-23-11-16/h4-7,9-11,13,18H,3,8,12H2,1-2H3,(H2,22,26)(H,24,27)/t13-,18+/m1/s1. The van der Waals surface area contributed by atoms with Gasteiger partial charge in [-0.2, -0.15) is 0 Å². The zero-order valence-corrected chi connectivity index (χ0v) is 16.4. The highest BCUT2D eigenvalue weighted by atomic mass is 16.5. The van der Waals surface area contributed by atoms with Crippen molar-refractivity contribution in [1.82, 2.24) is 9.88 Å². The number of nitrogens with zero attached hydrogens (tertiary/aromatic N) is 2. The van der Waals surface area contributed by atoms with Crippen LogP contribution in [0, 0.1) is 5.92 Å². The van der Waals surface area contributed by atoms with E-state index in [2.05, 4.69) is 17.2 Å². The summed E-state index contributed by atoms with van der Waals surface area (Å²) >= 11 is 0. The second-order valence-electron chi connectivity index (χ2n) is 7.21. The van der Waals surface area contributed by atoms with E-state index in [-0.39, 0.29) is 17.3 Å². The molecule has 3 rings (SSSR count). The SMILES string of the molecule is COc1ccc([C@@H]2CC[C@@H](C)CN2C(=O)C(=O)Nc2cncc(C(N)=O)c2)cc1. The van der Waals surface area contributed by atoms with Crippen molar-refractivity contribution in [2.24, 2.45) is 11.7 Å². The summed E-state index contributed by atoms with van der Waals surface area (Å²) in [4.78, 5) is 42.3. The summed E-state index contributed by atoms with van der Waals surface area (Å²) in [5.74, 6) is -1.04. The molecule has 29 heavy (non-hydrogen) atoms. The van der Waals surface area contributed by atoms with Crippen LogP contribution < -0.4 is 15.8 Å². The summed E-state index contributed by atoms with van der Waals surface area (Å²) in [6.07, 6.45) is 4.39. The average molecular weight is 396 g/mol. The Morgan fingerprint density at radius 3 is 2.55 bits per heavy atom. The average Bonchev–Trinajstić information content (AvgIpc) is 2.73. The molecule has 0 spiro atoms. The van der Waals surface area contributed by atoms with Crippen molar-refractivity contribution in [3.05, 3.63) is 53.9 Å². The van der Waals surface area contributed by atoms with Crippen LogP contribution in [-0.4, -0.2) is 41.3 Å². The normalized spacial score (nSPS) is 18.8. The highest BCUT2D eigenvalue weighted by molar-refractivity contribution is 6.39. The topological polar surface area (TPSA) is 115 Å². The molecule has 3 amide bonds. The number of primary amides is 1. The number of methoxy groups -OCH3 is 1. The summed E-state index contributed by atoms with van der Waals surface area (Å²) in [6, 6.07) is 8.72. The van der Waals surface area contributed by atoms with Gasteiger partial charge in [-0.3, -0.25) is 19.4 Å². The van der Waals surface area contributed by atoms with Crippen molar-refractivity contribution in [3.63, 3.8) is 0 Å². The van der Waals surface area contributed by atoms with E-state index in [1.54, 1.807) is 12.0 Å². The number of nitrogens with two attached hydrogens (primary N) is 1. The summed E-state index contributed by atoms with van der Waals surface area (Å²) in [5, 5.41) is 2.52. The lowest BCUT2D eigenvalue weighted by Crippen LogP contribution is -2.46. The molecule has 1 aliphatic heterocycles. The molecule has 1 saturated heterocycles. The molecular weight excluding hydrogens is 372 g/mol. The lowest BCUT2D eigenvalue weighted by molar-refractivity contribution is -0.146. The summed E-state index contributed by atoms with van der Waals surface area (Å²) in [7, 11) is 1.60. The van der Waals surface area contributed by atoms with Gasteiger partial charge in [-0.05, 0) is 42.5 Å². The number of carbonyl (C=O) groups excluding carboxylic acids is 3. The Hall–Kier alpha value is -3.42. The maximum Gasteiger partial charge on any atom is 0.313 e. The van der Waals surface area contributed by atoms with Gasteiger partial charge in [-0.1, -0.05) is 19.1 Å². The minimum Gasteiger partial charge on any atom is -0.497 e. The minimum absolute atomic E-state index is 0.151. The number of likely N-dealkylation sites (tertiary alicyclic amines) is 1. The fourth-order valence-electron chi connectivity index (χ4n) is 3.51. The molecule has 8 nitrogen and oxygen atoms in total. The minimum atomic E-state index is -0.777. The Morgan fingerprint density at radius 2 is 1.90 bits per heavy atom. The number of rotatable bonds is 4. The van der Waals surface area contributed by atoms with Crippen LogP contribution in [0.2, 0.25) is 0 Å². The second kappa shape index (κ2) is 8.72. The van der Waals surface area contributed by atoms with Crippen LogP contribution in [0.3, 0.4) is 0 Å². The van der Waals surface area contributed by atoms with E-state index in [0.29, 0.717) is 12.5 Å². The van der Waals surface area contributed by atoms with Gasteiger partial charge < -0.3 is 20.7 Å². The number of ether oxygens (including phenoxy) is 1. The number of carbonyl (C=O) groups is 3. The molecule has 1 aromatic carbocycles. The van der Waals surface area contributed by atoms with E-state index >= 15 is 0 Å². The Balaban J connectivity index is 1.78. The highest BCUT2D eigenvalue weighted by Gasteiger charge is 2.34. The van der Waals surface area contributed by atoms with Crippen LogP contribution >= 0.6 is 0 Å². The molecule has 2 heterocycles. The molecule has 1 aliphatic rings. The Kier molecular flexibility index (Phi) is 6.11. The second-order valence-corrected chi connectivity index (χ2v) is 7.21. The van der Waals surface area contributed by atoms with Gasteiger partial charge in [0.2, 0.25) is 5.91 Å². The van der Waals surface area contributed by atoms with Crippen molar-refractivity contribution in [1.29, 1.82) is 0 Å². The van der Waals surface area contributed by atoms with Gasteiger partial charge in [-0.15, -0.1) is 0 Å². The predicted octanol–water partition coefficient (Wildman–Crippen LogP) is 2.13. The zero-order chi connectivity index (χ0) is 21.0. The lowest BCUT2D eigenvalue weighted by Gasteiger charge is -2.38. The number of benzene rings is 1. The fraction of sp³-hybridized carbons (Fsp3) is 0.333. The Bertz CT molecular complexity index is 913. The number of aromatic nitrogens is 1. The van der Waals surface area contributed by atoms with Crippen LogP contribution in [0.15, 0.2) is 42.7 Å². The lowest BCUT2D eigenvalue weighted by atomic mass is 9.89. The zero-order valence-electron chi connectivity index (χ0n) is 16.4. The first-order valence-electron chi connectivity index (χ1n) is 9.39. The third-order valence-corrected chi connectivity index (χ3v) is 5.05. The molecule has 0 bridgehead atoms. The number of anilines is 1. The summed E-state index contributed by atoms with van der Waals surface area (Å²) < 4.78 is 5.20. The molecule has 2 aromatic rings. The van der Waals surface area contributed by atoms with Gasteiger partial charge in [-0.25, -0.2) is 0 Å². The van der Waals surface area contributed by atoms with Crippen molar-refractivity contribution >= 4 is 23.4 Å². The fourth-order valence-corrected chi connectivity index (χ4v) is 3.51. The van der Waals surface area contributed by atoms with Crippen LogP contribution in [0.5, 0.6) is 5.75 Å². The van der Waals surface area contributed by atoms with Crippen molar-refractivity contribution in [2.75, 3.05) is 19.0 Å². The van der Waals surface area contributed by atoms with E-state index in [9.17, 15) is 14.4 Å². The van der Waals surface area contributed by atoms with Crippen LogP contribution in [0.1, 0.15) is 41.7 Å². The largest absolute Gasteiger partial charge is 0.497 e. The number of pyridine rings is 1. The van der Waals surface area contributed by atoms with E-state index in [1.807, 2.05) is 24.3 Å². The highest BCUT2D eigenvalue weighted by Crippen LogP contribution is 2.34. The van der Waals surface area contributed by atoms with Crippen LogP contribution in [0.4, 0.5) is 5.69 Å². The molecule has 0 radical (unpaired) electrons. The van der Waals surface area contributed by atoms with Crippen LogP contribution in [-0.2, 0) is 9.59 Å². The Morgan fingerprint density at radius 1 is 1.17 bits per heavy atom. The van der Waals surface area contributed by atoms with Crippen molar-refractivity contribution in [3.8, 4) is 5.75 Å². The molecule has 8 heteroatoms. The predicted molar refractivity (Wildman–Crippen MR) is 107 cm³/mol. The monoisotopic (exact) mass is 396 g/mol. The smallest absolute Gasteiger partial charge is 0.313 e. The maximum absolute atomic E-state index is 13.0. The summed E-state index contributed by atoms with van der Waals surface area (Å²) in [5.41, 5.74) is 6.58. The molecule has 1 aromatic heterocycles. The first kappa shape index (κ1) is 20.3.